The monoisotopic (exact) mass is 599 g/mol. The third kappa shape index (κ3) is 6.28. The maximum atomic E-state index is 13.8. The molecule has 0 spiro atoms. The fourth-order valence-corrected chi connectivity index (χ4v) is 5.10. The predicted molar refractivity (Wildman–Crippen MR) is 145 cm³/mol. The first-order valence-electron chi connectivity index (χ1n) is 13.5. The van der Waals surface area contributed by atoms with Gasteiger partial charge in [-0.05, 0) is 45.0 Å². The van der Waals surface area contributed by atoms with Gasteiger partial charge in [-0.2, -0.15) is 26.3 Å². The van der Waals surface area contributed by atoms with Crippen LogP contribution in [0.2, 0.25) is 0 Å². The molecule has 1 amide bonds. The molecule has 2 aliphatic heterocycles. The third-order valence-corrected chi connectivity index (χ3v) is 7.12. The van der Waals surface area contributed by atoms with Crippen LogP contribution >= 0.6 is 0 Å². The van der Waals surface area contributed by atoms with Gasteiger partial charge in [-0.15, -0.1) is 0 Å². The minimum Gasteiger partial charge on any atom is -0.444 e. The van der Waals surface area contributed by atoms with E-state index < -0.39 is 35.2 Å². The number of ether oxygens (including phenoxy) is 1. The van der Waals surface area contributed by atoms with Crippen LogP contribution in [0.4, 0.5) is 48.6 Å². The highest BCUT2D eigenvalue weighted by Gasteiger charge is 2.37. The van der Waals surface area contributed by atoms with Crippen molar-refractivity contribution < 1.29 is 35.9 Å². The van der Waals surface area contributed by atoms with E-state index in [4.69, 9.17) is 4.74 Å². The van der Waals surface area contributed by atoms with E-state index in [1.807, 2.05) is 0 Å². The molecule has 0 unspecified atom stereocenters. The lowest BCUT2D eigenvalue weighted by Crippen LogP contribution is -2.50. The maximum absolute atomic E-state index is 13.8. The molecule has 0 bridgehead atoms. The normalized spacial score (nSPS) is 17.3. The molecule has 0 aliphatic carbocycles. The highest BCUT2D eigenvalue weighted by Crippen LogP contribution is 2.38. The van der Waals surface area contributed by atoms with Gasteiger partial charge in [0.1, 0.15) is 16.9 Å². The number of hydrogen-bond donors (Lipinski definition) is 1. The minimum absolute atomic E-state index is 0.156. The Hall–Kier alpha value is -3.91. The molecular formula is C27H31F6N7O2. The van der Waals surface area contributed by atoms with Crippen LogP contribution in [0.3, 0.4) is 0 Å². The van der Waals surface area contributed by atoms with Gasteiger partial charge in [-0.1, -0.05) is 0 Å². The summed E-state index contributed by atoms with van der Waals surface area (Å²) >= 11 is 0. The van der Waals surface area contributed by atoms with Crippen LogP contribution in [0.25, 0.3) is 11.0 Å². The van der Waals surface area contributed by atoms with Crippen molar-refractivity contribution in [3.63, 3.8) is 0 Å². The SMILES string of the molecule is CC(C)(C)OC(=O)N1CCN(c2cc(C(F)(F)F)cc3[nH]c(N4CCN(c5ncccc5C(F)(F)F)CC4)nc23)CC1. The van der Waals surface area contributed by atoms with Gasteiger partial charge in [0, 0.05) is 58.6 Å². The fraction of sp³-hybridized carbons (Fsp3) is 0.519. The van der Waals surface area contributed by atoms with Gasteiger partial charge >= 0.3 is 18.4 Å². The van der Waals surface area contributed by atoms with Crippen molar-refractivity contribution in [2.45, 2.75) is 38.7 Å². The Morgan fingerprint density at radius 1 is 0.857 bits per heavy atom. The van der Waals surface area contributed by atoms with Gasteiger partial charge in [-0.3, -0.25) is 0 Å². The van der Waals surface area contributed by atoms with Crippen LogP contribution in [0.5, 0.6) is 0 Å². The van der Waals surface area contributed by atoms with E-state index in [2.05, 4.69) is 15.0 Å². The number of aromatic nitrogens is 3. The van der Waals surface area contributed by atoms with Crippen molar-refractivity contribution in [1.29, 1.82) is 0 Å². The Morgan fingerprint density at radius 2 is 1.48 bits per heavy atom. The van der Waals surface area contributed by atoms with Crippen LogP contribution in [-0.4, -0.2) is 83.9 Å². The molecule has 3 aromatic rings. The van der Waals surface area contributed by atoms with E-state index in [0.29, 0.717) is 11.5 Å². The standard InChI is InChI=1S/C27H31F6N7O2/c1-25(2,3)42-24(41)40-13-7-37(8-14-40)20-16-17(26(28,29)30)15-19-21(20)36-23(35-19)39-11-9-38(10-12-39)22-18(27(31,32)33)5-4-6-34-22/h4-6,15-16H,7-14H2,1-3H3,(H,35,36). The molecule has 2 aromatic heterocycles. The van der Waals surface area contributed by atoms with Crippen molar-refractivity contribution in [2.24, 2.45) is 0 Å². The van der Waals surface area contributed by atoms with E-state index in [-0.39, 0.29) is 69.4 Å². The number of hydrogen-bond acceptors (Lipinski definition) is 7. The van der Waals surface area contributed by atoms with Crippen LogP contribution in [-0.2, 0) is 17.1 Å². The highest BCUT2D eigenvalue weighted by molar-refractivity contribution is 5.91. The Kier molecular flexibility index (Phi) is 7.56. The Bertz CT molecular complexity index is 1430. The average molecular weight is 600 g/mol. The summed E-state index contributed by atoms with van der Waals surface area (Å²) in [5, 5.41) is 0. The highest BCUT2D eigenvalue weighted by atomic mass is 19.4. The summed E-state index contributed by atoms with van der Waals surface area (Å²) in [4.78, 5) is 30.7. The summed E-state index contributed by atoms with van der Waals surface area (Å²) in [6, 6.07) is 4.29. The smallest absolute Gasteiger partial charge is 0.419 e. The Balaban J connectivity index is 1.36. The molecule has 1 aromatic carbocycles. The molecule has 228 valence electrons. The lowest BCUT2D eigenvalue weighted by Gasteiger charge is -2.37. The molecule has 2 fully saturated rings. The summed E-state index contributed by atoms with van der Waals surface area (Å²) in [5.74, 6) is 0.173. The number of pyridine rings is 1. The van der Waals surface area contributed by atoms with Crippen molar-refractivity contribution in [2.75, 3.05) is 67.1 Å². The molecule has 0 radical (unpaired) electrons. The van der Waals surface area contributed by atoms with Crippen LogP contribution in [0.1, 0.15) is 31.9 Å². The first-order chi connectivity index (χ1) is 19.6. The molecule has 2 saturated heterocycles. The summed E-state index contributed by atoms with van der Waals surface area (Å²) < 4.78 is 87.4. The average Bonchev–Trinajstić information content (AvgIpc) is 3.35. The van der Waals surface area contributed by atoms with E-state index >= 15 is 0 Å². The van der Waals surface area contributed by atoms with Crippen molar-refractivity contribution in [3.05, 3.63) is 41.6 Å². The lowest BCUT2D eigenvalue weighted by atomic mass is 10.1. The number of aromatic amines is 1. The van der Waals surface area contributed by atoms with Crippen molar-refractivity contribution in [3.8, 4) is 0 Å². The summed E-state index contributed by atoms with van der Waals surface area (Å²) in [5.41, 5.74) is -1.51. The van der Waals surface area contributed by atoms with Crippen LogP contribution in [0, 0.1) is 0 Å². The van der Waals surface area contributed by atoms with E-state index in [1.54, 1.807) is 35.5 Å². The van der Waals surface area contributed by atoms with Crippen molar-refractivity contribution >= 4 is 34.6 Å². The zero-order chi connectivity index (χ0) is 30.4. The Labute approximate surface area is 238 Å². The maximum Gasteiger partial charge on any atom is 0.419 e. The lowest BCUT2D eigenvalue weighted by molar-refractivity contribution is -0.138. The topological polar surface area (TPSA) is 80.8 Å². The number of rotatable bonds is 3. The number of fused-ring (bicyclic) bond motifs is 1. The summed E-state index contributed by atoms with van der Waals surface area (Å²) in [7, 11) is 0. The number of benzene rings is 1. The number of halogens is 6. The van der Waals surface area contributed by atoms with Gasteiger partial charge in [-0.25, -0.2) is 14.8 Å². The molecular weight excluding hydrogens is 568 g/mol. The number of H-pyrrole nitrogens is 1. The molecule has 2 aliphatic rings. The number of amides is 1. The third-order valence-electron chi connectivity index (χ3n) is 7.12. The number of alkyl halides is 6. The zero-order valence-corrected chi connectivity index (χ0v) is 23.3. The quantitative estimate of drug-likeness (QED) is 0.405. The molecule has 9 nitrogen and oxygen atoms in total. The predicted octanol–water partition coefficient (Wildman–Crippen LogP) is 5.38. The van der Waals surface area contributed by atoms with Gasteiger partial charge in [0.05, 0.1) is 22.3 Å². The molecule has 42 heavy (non-hydrogen) atoms. The summed E-state index contributed by atoms with van der Waals surface area (Å²) in [6.45, 7) is 7.35. The number of nitrogens with zero attached hydrogens (tertiary/aromatic N) is 6. The van der Waals surface area contributed by atoms with Crippen LogP contribution in [0.15, 0.2) is 30.5 Å². The molecule has 15 heteroatoms. The molecule has 1 N–H and O–H groups in total. The number of carbonyl (C=O) groups excluding carboxylic acids is 1. The second-order valence-electron chi connectivity index (χ2n) is 11.3. The molecule has 5 rings (SSSR count). The van der Waals surface area contributed by atoms with E-state index in [1.165, 1.54) is 17.2 Å². The minimum atomic E-state index is -4.60. The molecule has 0 atom stereocenters. The first kappa shape index (κ1) is 29.6. The molecule has 0 saturated carbocycles. The van der Waals surface area contributed by atoms with E-state index in [0.717, 1.165) is 18.2 Å². The van der Waals surface area contributed by atoms with Gasteiger partial charge < -0.3 is 29.3 Å². The largest absolute Gasteiger partial charge is 0.444 e. The number of anilines is 3. The fourth-order valence-electron chi connectivity index (χ4n) is 5.10. The van der Waals surface area contributed by atoms with Gasteiger partial charge in [0.15, 0.2) is 0 Å². The molecule has 4 heterocycles. The van der Waals surface area contributed by atoms with Crippen molar-refractivity contribution in [1.82, 2.24) is 19.9 Å². The number of imidazole rings is 1. The number of piperazine rings is 2. The van der Waals surface area contributed by atoms with Gasteiger partial charge in [0.25, 0.3) is 0 Å². The van der Waals surface area contributed by atoms with E-state index in [9.17, 15) is 31.1 Å². The second kappa shape index (κ2) is 10.7. The van der Waals surface area contributed by atoms with Gasteiger partial charge in [0.2, 0.25) is 5.95 Å². The number of carbonyl (C=O) groups is 1. The van der Waals surface area contributed by atoms with Crippen LogP contribution < -0.4 is 14.7 Å². The number of nitrogens with one attached hydrogen (secondary N) is 1. The first-order valence-corrected chi connectivity index (χ1v) is 13.5. The summed E-state index contributed by atoms with van der Waals surface area (Å²) in [6.07, 6.45) is -8.32. The zero-order valence-electron chi connectivity index (χ0n) is 23.3. The Morgan fingerprint density at radius 3 is 2.07 bits per heavy atom. The second-order valence-corrected chi connectivity index (χ2v) is 11.3.